The van der Waals surface area contributed by atoms with E-state index in [1.807, 2.05) is 0 Å². The summed E-state index contributed by atoms with van der Waals surface area (Å²) in [7, 11) is 0. The van der Waals surface area contributed by atoms with Gasteiger partial charge in [0.25, 0.3) is 5.91 Å². The van der Waals surface area contributed by atoms with Gasteiger partial charge in [-0.3, -0.25) is 29.4 Å². The summed E-state index contributed by atoms with van der Waals surface area (Å²) in [6.45, 7) is 3.41. The number of aryl methyl sites for hydroxylation is 1. The molecule has 0 unspecified atom stereocenters. The van der Waals surface area contributed by atoms with Gasteiger partial charge in [0.05, 0.1) is 29.9 Å². The van der Waals surface area contributed by atoms with Gasteiger partial charge in [-0.15, -0.1) is 0 Å². The van der Waals surface area contributed by atoms with Crippen molar-refractivity contribution in [2.45, 2.75) is 20.4 Å². The first-order valence-corrected chi connectivity index (χ1v) is 9.10. The quantitative estimate of drug-likeness (QED) is 0.455. The van der Waals surface area contributed by atoms with Gasteiger partial charge in [0.15, 0.2) is 0 Å². The van der Waals surface area contributed by atoms with Gasteiger partial charge in [-0.2, -0.15) is 5.10 Å². The number of hydrogen-bond acceptors (Lipinski definition) is 6. The van der Waals surface area contributed by atoms with Crippen LogP contribution in [0.2, 0.25) is 0 Å². The highest BCUT2D eigenvalue weighted by Gasteiger charge is 2.21. The summed E-state index contributed by atoms with van der Waals surface area (Å²) in [6.07, 6.45) is 3.10. The second kappa shape index (κ2) is 8.95. The lowest BCUT2D eigenvalue weighted by Gasteiger charge is -2.08. The van der Waals surface area contributed by atoms with Crippen molar-refractivity contribution in [3.8, 4) is 0 Å². The van der Waals surface area contributed by atoms with Crippen molar-refractivity contribution in [3.05, 3.63) is 81.4 Å². The van der Waals surface area contributed by atoms with Crippen LogP contribution in [-0.2, 0) is 11.3 Å². The zero-order valence-corrected chi connectivity index (χ0v) is 16.5. The van der Waals surface area contributed by atoms with Gasteiger partial charge in [0.2, 0.25) is 5.91 Å². The van der Waals surface area contributed by atoms with Crippen LogP contribution in [0.5, 0.6) is 0 Å². The summed E-state index contributed by atoms with van der Waals surface area (Å²) in [6, 6.07) is 10.1. The van der Waals surface area contributed by atoms with Crippen LogP contribution < -0.4 is 10.6 Å². The van der Waals surface area contributed by atoms with E-state index in [0.717, 1.165) is 5.56 Å². The summed E-state index contributed by atoms with van der Waals surface area (Å²) in [4.78, 5) is 38.7. The number of rotatable bonds is 7. The zero-order chi connectivity index (χ0) is 21.7. The first kappa shape index (κ1) is 20.6. The van der Waals surface area contributed by atoms with Gasteiger partial charge in [0.1, 0.15) is 11.4 Å². The number of pyridine rings is 1. The maximum Gasteiger partial charge on any atom is 0.312 e. The predicted octanol–water partition coefficient (Wildman–Crippen LogP) is 2.22. The summed E-state index contributed by atoms with van der Waals surface area (Å²) >= 11 is 0. The minimum atomic E-state index is -0.438. The molecule has 1 aromatic carbocycles. The first-order valence-electron chi connectivity index (χ1n) is 9.10. The second-order valence-electron chi connectivity index (χ2n) is 6.60. The van der Waals surface area contributed by atoms with Crippen molar-refractivity contribution in [3.63, 3.8) is 0 Å². The van der Waals surface area contributed by atoms with Gasteiger partial charge < -0.3 is 10.6 Å². The fraction of sp³-hybridized carbons (Fsp3) is 0.200. The lowest BCUT2D eigenvalue weighted by Crippen LogP contribution is -2.32. The zero-order valence-electron chi connectivity index (χ0n) is 16.5. The van der Waals surface area contributed by atoms with E-state index in [1.165, 1.54) is 6.20 Å². The molecular weight excluding hydrogens is 388 g/mol. The normalized spacial score (nSPS) is 10.5. The number of carbonyl (C=O) groups excluding carboxylic acids is 2. The fourth-order valence-electron chi connectivity index (χ4n) is 2.94. The summed E-state index contributed by atoms with van der Waals surface area (Å²) in [5.41, 5.74) is 2.62. The Morgan fingerprint density at radius 2 is 1.90 bits per heavy atom. The molecule has 0 radical (unpaired) electrons. The Morgan fingerprint density at radius 3 is 2.50 bits per heavy atom. The molecule has 0 saturated carbocycles. The number of aromatic nitrogens is 3. The minimum absolute atomic E-state index is 0.00978. The molecule has 30 heavy (non-hydrogen) atoms. The number of hydrogen-bond donors (Lipinski definition) is 2. The molecule has 10 nitrogen and oxygen atoms in total. The van der Waals surface area contributed by atoms with Crippen LogP contribution in [0.1, 0.15) is 27.3 Å². The minimum Gasteiger partial charge on any atom is -0.343 e. The third-order valence-corrected chi connectivity index (χ3v) is 4.43. The van der Waals surface area contributed by atoms with Crippen molar-refractivity contribution in [1.29, 1.82) is 0 Å². The van der Waals surface area contributed by atoms with E-state index in [4.69, 9.17) is 0 Å². The third kappa shape index (κ3) is 4.85. The standard InChI is InChI=1S/C20H20N6O4/c1-13-19(26(29)30)14(2)25(24-13)12-15-5-7-16(8-6-15)20(28)22-11-18(27)23-17-4-3-9-21-10-17/h3-10H,11-12H2,1-2H3,(H,22,28)(H,23,27). The molecule has 2 aromatic heterocycles. The number of amides is 2. The predicted molar refractivity (Wildman–Crippen MR) is 109 cm³/mol. The summed E-state index contributed by atoms with van der Waals surface area (Å²) < 4.78 is 1.56. The molecule has 0 saturated heterocycles. The van der Waals surface area contributed by atoms with Crippen LogP contribution in [0.3, 0.4) is 0 Å². The van der Waals surface area contributed by atoms with Crippen LogP contribution >= 0.6 is 0 Å². The van der Waals surface area contributed by atoms with E-state index < -0.39 is 4.92 Å². The average molecular weight is 408 g/mol. The highest BCUT2D eigenvalue weighted by Crippen LogP contribution is 2.22. The van der Waals surface area contributed by atoms with Gasteiger partial charge >= 0.3 is 5.69 Å². The molecule has 2 amide bonds. The molecule has 0 spiro atoms. The lowest BCUT2D eigenvalue weighted by molar-refractivity contribution is -0.386. The molecule has 0 fully saturated rings. The molecule has 154 valence electrons. The summed E-state index contributed by atoms with van der Waals surface area (Å²) in [5, 5.41) is 20.5. The molecule has 0 aliphatic rings. The lowest BCUT2D eigenvalue weighted by atomic mass is 10.1. The van der Waals surface area contributed by atoms with E-state index in [-0.39, 0.29) is 24.0 Å². The van der Waals surface area contributed by atoms with Crippen molar-refractivity contribution >= 4 is 23.2 Å². The average Bonchev–Trinajstić information content (AvgIpc) is 3.00. The van der Waals surface area contributed by atoms with Gasteiger partial charge in [-0.05, 0) is 43.7 Å². The Hall–Kier alpha value is -4.08. The van der Waals surface area contributed by atoms with E-state index in [0.29, 0.717) is 29.2 Å². The van der Waals surface area contributed by atoms with Gasteiger partial charge in [-0.25, -0.2) is 0 Å². The van der Waals surface area contributed by atoms with E-state index in [1.54, 1.807) is 61.1 Å². The third-order valence-electron chi connectivity index (χ3n) is 4.43. The molecule has 2 N–H and O–H groups in total. The Bertz CT molecular complexity index is 1080. The van der Waals surface area contributed by atoms with Crippen LogP contribution in [0.15, 0.2) is 48.8 Å². The molecule has 3 aromatic rings. The molecule has 0 atom stereocenters. The molecule has 0 bridgehead atoms. The topological polar surface area (TPSA) is 132 Å². The molecular formula is C20H20N6O4. The van der Waals surface area contributed by atoms with Crippen molar-refractivity contribution in [1.82, 2.24) is 20.1 Å². The van der Waals surface area contributed by atoms with Crippen LogP contribution in [0.4, 0.5) is 11.4 Å². The SMILES string of the molecule is Cc1nn(Cc2ccc(C(=O)NCC(=O)Nc3cccnc3)cc2)c(C)c1[N+](=O)[O-]. The van der Waals surface area contributed by atoms with Gasteiger partial charge in [0, 0.05) is 11.8 Å². The number of nitrogens with zero attached hydrogens (tertiary/aromatic N) is 4. The van der Waals surface area contributed by atoms with Crippen LogP contribution in [0, 0.1) is 24.0 Å². The van der Waals surface area contributed by atoms with E-state index in [2.05, 4.69) is 20.7 Å². The van der Waals surface area contributed by atoms with Crippen molar-refractivity contribution in [2.24, 2.45) is 0 Å². The molecule has 0 aliphatic carbocycles. The van der Waals surface area contributed by atoms with Crippen LogP contribution in [0.25, 0.3) is 0 Å². The Balaban J connectivity index is 1.57. The number of benzene rings is 1. The highest BCUT2D eigenvalue weighted by atomic mass is 16.6. The van der Waals surface area contributed by atoms with Crippen molar-refractivity contribution < 1.29 is 14.5 Å². The van der Waals surface area contributed by atoms with Crippen LogP contribution in [-0.4, -0.2) is 38.0 Å². The number of anilines is 1. The molecule has 3 rings (SSSR count). The monoisotopic (exact) mass is 408 g/mol. The highest BCUT2D eigenvalue weighted by molar-refractivity contribution is 5.99. The van der Waals surface area contributed by atoms with E-state index in [9.17, 15) is 19.7 Å². The second-order valence-corrected chi connectivity index (χ2v) is 6.60. The first-order chi connectivity index (χ1) is 14.3. The molecule has 0 aliphatic heterocycles. The van der Waals surface area contributed by atoms with E-state index >= 15 is 0 Å². The Morgan fingerprint density at radius 1 is 1.17 bits per heavy atom. The van der Waals surface area contributed by atoms with Gasteiger partial charge in [-0.1, -0.05) is 12.1 Å². The molecule has 2 heterocycles. The maximum absolute atomic E-state index is 12.3. The Kier molecular flexibility index (Phi) is 6.16. The maximum atomic E-state index is 12.3. The largest absolute Gasteiger partial charge is 0.343 e. The smallest absolute Gasteiger partial charge is 0.312 e. The van der Waals surface area contributed by atoms with Crippen molar-refractivity contribution in [2.75, 3.05) is 11.9 Å². The Labute approximate surface area is 172 Å². The number of nitro groups is 1. The fourth-order valence-corrected chi connectivity index (χ4v) is 2.94. The molecule has 10 heteroatoms. The number of carbonyl (C=O) groups is 2. The number of nitrogens with one attached hydrogen (secondary N) is 2. The summed E-state index contributed by atoms with van der Waals surface area (Å²) in [5.74, 6) is -0.747.